The van der Waals surface area contributed by atoms with Crippen molar-refractivity contribution in [2.75, 3.05) is 6.54 Å². The van der Waals surface area contributed by atoms with E-state index in [-0.39, 0.29) is 0 Å². The van der Waals surface area contributed by atoms with Crippen LogP contribution < -0.4 is 5.32 Å². The van der Waals surface area contributed by atoms with E-state index in [4.69, 9.17) is 16.0 Å². The zero-order valence-electron chi connectivity index (χ0n) is 10.8. The van der Waals surface area contributed by atoms with E-state index < -0.39 is 0 Å². The van der Waals surface area contributed by atoms with Crippen LogP contribution in [0.25, 0.3) is 11.3 Å². The molecule has 1 heterocycles. The summed E-state index contributed by atoms with van der Waals surface area (Å²) in [4.78, 5) is 0. The summed E-state index contributed by atoms with van der Waals surface area (Å²) in [5.74, 6) is 1.77. The smallest absolute Gasteiger partial charge is 0.135 e. The van der Waals surface area contributed by atoms with Crippen molar-refractivity contribution in [3.63, 3.8) is 0 Å². The van der Waals surface area contributed by atoms with Gasteiger partial charge < -0.3 is 9.73 Å². The Balaban J connectivity index is 2.16. The molecule has 18 heavy (non-hydrogen) atoms. The lowest BCUT2D eigenvalue weighted by Gasteiger charge is -2.03. The zero-order chi connectivity index (χ0) is 13.0. The van der Waals surface area contributed by atoms with Gasteiger partial charge in [-0.05, 0) is 44.2 Å². The summed E-state index contributed by atoms with van der Waals surface area (Å²) in [5, 5.41) is 4.04. The van der Waals surface area contributed by atoms with Gasteiger partial charge in [0.05, 0.1) is 11.6 Å². The molecule has 0 aliphatic carbocycles. The lowest BCUT2D eigenvalue weighted by molar-refractivity contribution is 0.493. The molecule has 1 aromatic carbocycles. The van der Waals surface area contributed by atoms with Gasteiger partial charge >= 0.3 is 0 Å². The Morgan fingerprint density at radius 3 is 2.83 bits per heavy atom. The van der Waals surface area contributed by atoms with Crippen LogP contribution in [0.1, 0.15) is 24.7 Å². The van der Waals surface area contributed by atoms with Crippen molar-refractivity contribution in [2.45, 2.75) is 26.8 Å². The molecule has 96 valence electrons. The van der Waals surface area contributed by atoms with Crippen LogP contribution in [0.5, 0.6) is 0 Å². The van der Waals surface area contributed by atoms with Gasteiger partial charge in [0.15, 0.2) is 0 Å². The van der Waals surface area contributed by atoms with E-state index in [1.807, 2.05) is 37.3 Å². The van der Waals surface area contributed by atoms with E-state index >= 15 is 0 Å². The van der Waals surface area contributed by atoms with Crippen molar-refractivity contribution in [3.05, 3.63) is 46.7 Å². The first-order valence-electron chi connectivity index (χ1n) is 6.26. The van der Waals surface area contributed by atoms with Crippen molar-refractivity contribution in [1.82, 2.24) is 5.32 Å². The van der Waals surface area contributed by atoms with Gasteiger partial charge in [0, 0.05) is 5.56 Å². The third-order valence-electron chi connectivity index (χ3n) is 2.77. The average molecular weight is 264 g/mol. The van der Waals surface area contributed by atoms with Crippen molar-refractivity contribution >= 4 is 11.6 Å². The number of benzene rings is 1. The van der Waals surface area contributed by atoms with Gasteiger partial charge in [-0.2, -0.15) is 0 Å². The Kier molecular flexibility index (Phi) is 4.45. The van der Waals surface area contributed by atoms with Crippen LogP contribution in [-0.4, -0.2) is 6.54 Å². The van der Waals surface area contributed by atoms with Crippen LogP contribution in [-0.2, 0) is 6.54 Å². The first kappa shape index (κ1) is 13.2. The Labute approximate surface area is 113 Å². The van der Waals surface area contributed by atoms with Crippen molar-refractivity contribution < 1.29 is 4.42 Å². The van der Waals surface area contributed by atoms with Gasteiger partial charge in [-0.1, -0.05) is 30.2 Å². The quantitative estimate of drug-likeness (QED) is 0.809. The number of halogens is 1. The molecule has 0 fully saturated rings. The summed E-state index contributed by atoms with van der Waals surface area (Å²) in [7, 11) is 0. The van der Waals surface area contributed by atoms with Gasteiger partial charge in [-0.25, -0.2) is 0 Å². The number of hydrogen-bond donors (Lipinski definition) is 1. The molecule has 0 spiro atoms. The minimum atomic E-state index is 0.725. The maximum atomic E-state index is 6.19. The Bertz CT molecular complexity index is 519. The maximum Gasteiger partial charge on any atom is 0.135 e. The molecule has 0 saturated carbocycles. The van der Waals surface area contributed by atoms with E-state index in [0.29, 0.717) is 0 Å². The SMILES string of the molecule is CCCNCc1ccc(-c2cc(C)ccc2Cl)o1. The highest BCUT2D eigenvalue weighted by Gasteiger charge is 2.08. The van der Waals surface area contributed by atoms with Crippen molar-refractivity contribution in [2.24, 2.45) is 0 Å². The largest absolute Gasteiger partial charge is 0.460 e. The number of furan rings is 1. The summed E-state index contributed by atoms with van der Waals surface area (Å²) in [5.41, 5.74) is 2.13. The third-order valence-corrected chi connectivity index (χ3v) is 3.10. The molecule has 1 aromatic heterocycles. The van der Waals surface area contributed by atoms with Gasteiger partial charge in [0.25, 0.3) is 0 Å². The van der Waals surface area contributed by atoms with Crippen molar-refractivity contribution in [3.8, 4) is 11.3 Å². The highest BCUT2D eigenvalue weighted by molar-refractivity contribution is 6.33. The second-order valence-electron chi connectivity index (χ2n) is 4.43. The lowest BCUT2D eigenvalue weighted by Crippen LogP contribution is -2.12. The molecule has 0 saturated heterocycles. The molecule has 0 bridgehead atoms. The minimum Gasteiger partial charge on any atom is -0.460 e. The van der Waals surface area contributed by atoms with Crippen LogP contribution in [0.3, 0.4) is 0 Å². The molecular weight excluding hydrogens is 246 g/mol. The molecule has 3 heteroatoms. The van der Waals surface area contributed by atoms with Gasteiger partial charge in [-0.3, -0.25) is 0 Å². The van der Waals surface area contributed by atoms with Crippen LogP contribution in [0.4, 0.5) is 0 Å². The predicted octanol–water partition coefficient (Wildman–Crippen LogP) is 4.41. The summed E-state index contributed by atoms with van der Waals surface area (Å²) >= 11 is 6.19. The summed E-state index contributed by atoms with van der Waals surface area (Å²) in [6, 6.07) is 9.92. The second-order valence-corrected chi connectivity index (χ2v) is 4.83. The number of hydrogen-bond acceptors (Lipinski definition) is 2. The summed E-state index contributed by atoms with van der Waals surface area (Å²) in [6.45, 7) is 5.96. The summed E-state index contributed by atoms with van der Waals surface area (Å²) in [6.07, 6.45) is 1.12. The number of nitrogens with one attached hydrogen (secondary N) is 1. The monoisotopic (exact) mass is 263 g/mol. The molecule has 0 atom stereocenters. The minimum absolute atomic E-state index is 0.725. The van der Waals surface area contributed by atoms with Crippen LogP contribution in [0.15, 0.2) is 34.7 Å². The van der Waals surface area contributed by atoms with Crippen LogP contribution >= 0.6 is 11.6 Å². The molecule has 0 radical (unpaired) electrons. The molecule has 2 nitrogen and oxygen atoms in total. The fourth-order valence-corrected chi connectivity index (χ4v) is 2.04. The van der Waals surface area contributed by atoms with Gasteiger partial charge in [-0.15, -0.1) is 0 Å². The van der Waals surface area contributed by atoms with Gasteiger partial charge in [0.2, 0.25) is 0 Å². The number of rotatable bonds is 5. The molecule has 0 amide bonds. The van der Waals surface area contributed by atoms with Gasteiger partial charge in [0.1, 0.15) is 11.5 Å². The average Bonchev–Trinajstić information content (AvgIpc) is 2.81. The third kappa shape index (κ3) is 3.15. The molecule has 2 aromatic rings. The van der Waals surface area contributed by atoms with E-state index in [0.717, 1.165) is 41.6 Å². The van der Waals surface area contributed by atoms with E-state index in [1.165, 1.54) is 5.56 Å². The summed E-state index contributed by atoms with van der Waals surface area (Å²) < 4.78 is 5.81. The van der Waals surface area contributed by atoms with E-state index in [1.54, 1.807) is 0 Å². The van der Waals surface area contributed by atoms with E-state index in [2.05, 4.69) is 12.2 Å². The second kappa shape index (κ2) is 6.07. The molecule has 0 unspecified atom stereocenters. The molecule has 1 N–H and O–H groups in total. The normalized spacial score (nSPS) is 10.8. The zero-order valence-corrected chi connectivity index (χ0v) is 11.6. The molecular formula is C15H18ClNO. The fraction of sp³-hybridized carbons (Fsp3) is 0.333. The highest BCUT2D eigenvalue weighted by Crippen LogP contribution is 2.30. The van der Waals surface area contributed by atoms with Crippen LogP contribution in [0, 0.1) is 6.92 Å². The fourth-order valence-electron chi connectivity index (χ4n) is 1.83. The first-order valence-corrected chi connectivity index (χ1v) is 6.64. The first-order chi connectivity index (χ1) is 8.70. The molecule has 0 aliphatic rings. The van der Waals surface area contributed by atoms with Crippen molar-refractivity contribution in [1.29, 1.82) is 0 Å². The van der Waals surface area contributed by atoms with Crippen LogP contribution in [0.2, 0.25) is 5.02 Å². The van der Waals surface area contributed by atoms with E-state index in [9.17, 15) is 0 Å². The highest BCUT2D eigenvalue weighted by atomic mass is 35.5. The molecule has 0 aliphatic heterocycles. The maximum absolute atomic E-state index is 6.19. The Hall–Kier alpha value is -1.25. The lowest BCUT2D eigenvalue weighted by atomic mass is 10.1. The number of aryl methyl sites for hydroxylation is 1. The Morgan fingerprint density at radius 1 is 1.22 bits per heavy atom. The standard InChI is InChI=1S/C15H18ClNO/c1-3-8-17-10-12-5-7-15(18-12)13-9-11(2)4-6-14(13)16/h4-7,9,17H,3,8,10H2,1-2H3. The molecule has 2 rings (SSSR count). The Morgan fingerprint density at radius 2 is 2.06 bits per heavy atom. The predicted molar refractivity (Wildman–Crippen MR) is 75.9 cm³/mol. The topological polar surface area (TPSA) is 25.2 Å².